The average molecular weight is 377 g/mol. The number of nitrogens with one attached hydrogen (secondary N) is 1. The van der Waals surface area contributed by atoms with Gasteiger partial charge in [-0.3, -0.25) is 4.79 Å². The number of carbonyl (C=O) groups is 1. The first-order valence-corrected chi connectivity index (χ1v) is 10.6. The first-order chi connectivity index (χ1) is 13.4. The second-order valence-corrected chi connectivity index (χ2v) is 9.76. The zero-order chi connectivity index (χ0) is 19.3. The molecule has 4 aliphatic rings. The highest BCUT2D eigenvalue weighted by Gasteiger charge is 2.69. The van der Waals surface area contributed by atoms with Crippen molar-refractivity contribution in [1.82, 2.24) is 4.98 Å². The summed E-state index contributed by atoms with van der Waals surface area (Å²) in [4.78, 5) is 15.9. The van der Waals surface area contributed by atoms with Gasteiger partial charge >= 0.3 is 0 Å². The summed E-state index contributed by atoms with van der Waals surface area (Å²) in [5.74, 6) is 0.495. The number of ether oxygens (including phenoxy) is 1. The summed E-state index contributed by atoms with van der Waals surface area (Å²) in [7, 11) is 0. The monoisotopic (exact) mass is 377 g/mol. The molecule has 2 aromatic rings. The Hall–Kier alpha value is -1.91. The second kappa shape index (κ2) is 5.17. The summed E-state index contributed by atoms with van der Waals surface area (Å²) in [5.41, 5.74) is 3.28. The Balaban J connectivity index is 1.58. The maximum Gasteiger partial charge on any atom is 0.181 e. The van der Waals surface area contributed by atoms with Crippen LogP contribution in [0.25, 0.3) is 10.9 Å². The number of para-hydroxylation sites is 1. The summed E-state index contributed by atoms with van der Waals surface area (Å²) < 4.78 is 5.83. The highest BCUT2D eigenvalue weighted by Crippen LogP contribution is 2.69. The quantitative estimate of drug-likeness (QED) is 0.734. The summed E-state index contributed by atoms with van der Waals surface area (Å²) in [6, 6.07) is 8.55. The molecule has 6 rings (SSSR count). The fraction of sp³-hybridized carbons (Fsp3) is 0.542. The summed E-state index contributed by atoms with van der Waals surface area (Å²) >= 11 is 0. The highest BCUT2D eigenvalue weighted by molar-refractivity contribution is 5.93. The lowest BCUT2D eigenvalue weighted by Crippen LogP contribution is -2.67. The molecule has 1 aromatic heterocycles. The van der Waals surface area contributed by atoms with Crippen molar-refractivity contribution in [2.24, 2.45) is 11.3 Å². The Morgan fingerprint density at radius 3 is 2.86 bits per heavy atom. The van der Waals surface area contributed by atoms with Crippen LogP contribution in [0.4, 0.5) is 0 Å². The minimum absolute atomic E-state index is 0.0195. The van der Waals surface area contributed by atoms with Crippen molar-refractivity contribution >= 4 is 16.7 Å². The fourth-order valence-corrected chi connectivity index (χ4v) is 7.27. The van der Waals surface area contributed by atoms with Crippen molar-refractivity contribution in [2.45, 2.75) is 63.1 Å². The molecule has 2 heterocycles. The van der Waals surface area contributed by atoms with E-state index < -0.39 is 5.60 Å². The number of carbonyl (C=O) groups excluding carboxylic acids is 1. The van der Waals surface area contributed by atoms with Crippen molar-refractivity contribution < 1.29 is 14.6 Å². The number of fused-ring (bicyclic) bond motifs is 9. The second-order valence-electron chi connectivity index (χ2n) is 9.76. The van der Waals surface area contributed by atoms with Crippen molar-refractivity contribution in [3.8, 4) is 0 Å². The number of hydrogen-bond donors (Lipinski definition) is 2. The molecule has 28 heavy (non-hydrogen) atoms. The lowest BCUT2D eigenvalue weighted by molar-refractivity contribution is -0.177. The maximum atomic E-state index is 12.2. The zero-order valence-corrected chi connectivity index (χ0v) is 16.5. The highest BCUT2D eigenvalue weighted by atomic mass is 16.5. The van der Waals surface area contributed by atoms with Crippen LogP contribution in [0.2, 0.25) is 0 Å². The minimum atomic E-state index is -0.990. The topological polar surface area (TPSA) is 62.3 Å². The normalized spacial score (nSPS) is 41.8. The van der Waals surface area contributed by atoms with Gasteiger partial charge in [0.1, 0.15) is 6.61 Å². The minimum Gasteiger partial charge on any atom is -0.385 e. The maximum absolute atomic E-state index is 12.2. The number of H-pyrrole nitrogens is 1. The van der Waals surface area contributed by atoms with Crippen LogP contribution in [0.15, 0.2) is 35.9 Å². The summed E-state index contributed by atoms with van der Waals surface area (Å²) in [5, 5.41) is 13.5. The van der Waals surface area contributed by atoms with E-state index in [9.17, 15) is 9.90 Å². The Kier molecular flexibility index (Phi) is 3.13. The van der Waals surface area contributed by atoms with E-state index in [-0.39, 0.29) is 29.3 Å². The molecule has 0 spiro atoms. The summed E-state index contributed by atoms with van der Waals surface area (Å²) in [6.45, 7) is 4.76. The Bertz CT molecular complexity index is 1050. The van der Waals surface area contributed by atoms with Gasteiger partial charge in [0.2, 0.25) is 0 Å². The van der Waals surface area contributed by atoms with E-state index in [4.69, 9.17) is 4.74 Å². The molecule has 0 bridgehead atoms. The number of benzene rings is 1. The molecule has 146 valence electrons. The van der Waals surface area contributed by atoms with Crippen LogP contribution in [0.1, 0.15) is 50.8 Å². The number of aromatic amines is 1. The predicted molar refractivity (Wildman–Crippen MR) is 107 cm³/mol. The van der Waals surface area contributed by atoms with Gasteiger partial charge in [-0.1, -0.05) is 32.0 Å². The molecular formula is C24H27NO3. The largest absolute Gasteiger partial charge is 0.385 e. The van der Waals surface area contributed by atoms with Crippen LogP contribution in [0.5, 0.6) is 0 Å². The van der Waals surface area contributed by atoms with Gasteiger partial charge in [0.25, 0.3) is 0 Å². The molecule has 0 radical (unpaired) electrons. The van der Waals surface area contributed by atoms with E-state index in [0.29, 0.717) is 12.3 Å². The van der Waals surface area contributed by atoms with E-state index in [0.717, 1.165) is 31.3 Å². The van der Waals surface area contributed by atoms with Gasteiger partial charge in [0.15, 0.2) is 5.78 Å². The van der Waals surface area contributed by atoms with Gasteiger partial charge in [0, 0.05) is 27.4 Å². The van der Waals surface area contributed by atoms with E-state index in [1.54, 1.807) is 6.08 Å². The Morgan fingerprint density at radius 2 is 2.00 bits per heavy atom. The van der Waals surface area contributed by atoms with Crippen LogP contribution in [-0.2, 0) is 21.4 Å². The third-order valence-electron chi connectivity index (χ3n) is 8.99. The molecule has 2 fully saturated rings. The number of rotatable bonds is 0. The Labute approximate surface area is 165 Å². The van der Waals surface area contributed by atoms with Crippen LogP contribution in [-0.4, -0.2) is 34.2 Å². The first kappa shape index (κ1) is 17.0. The SMILES string of the molecule is C[C@]12CC[C@@H]3OCC(=O)C=C3[C@]1(O)CC[C@H]1Cc3c([nH]c4ccccc34)[C@@]12C. The lowest BCUT2D eigenvalue weighted by atomic mass is 9.42. The molecule has 5 atom stereocenters. The first-order valence-electron chi connectivity index (χ1n) is 10.6. The van der Waals surface area contributed by atoms with Gasteiger partial charge in [-0.05, 0) is 61.3 Å². The van der Waals surface area contributed by atoms with E-state index in [1.807, 2.05) is 0 Å². The number of aromatic nitrogens is 1. The van der Waals surface area contributed by atoms with Crippen LogP contribution < -0.4 is 0 Å². The molecule has 2 N–H and O–H groups in total. The Morgan fingerprint density at radius 1 is 1.18 bits per heavy atom. The molecule has 0 amide bonds. The van der Waals surface area contributed by atoms with Crippen molar-refractivity contribution in [1.29, 1.82) is 0 Å². The molecule has 4 nitrogen and oxygen atoms in total. The van der Waals surface area contributed by atoms with Crippen molar-refractivity contribution in [3.63, 3.8) is 0 Å². The van der Waals surface area contributed by atoms with Crippen LogP contribution >= 0.6 is 0 Å². The van der Waals surface area contributed by atoms with E-state index in [1.165, 1.54) is 22.2 Å². The third kappa shape index (κ3) is 1.73. The van der Waals surface area contributed by atoms with E-state index >= 15 is 0 Å². The standard InChI is InChI=1S/C24H27NO3/c1-22-9-8-20-18(12-15(26)13-28-20)24(22,27)10-7-14-11-17-16-5-3-4-6-19(16)25-21(17)23(14,22)2/h3-6,12,14,20,25,27H,7-11,13H2,1-2H3/t14-,20-,22+,23+,24+/m0/s1. The molecule has 1 aliphatic heterocycles. The zero-order valence-electron chi connectivity index (χ0n) is 16.5. The smallest absolute Gasteiger partial charge is 0.181 e. The molecule has 4 heteroatoms. The summed E-state index contributed by atoms with van der Waals surface area (Å²) in [6.07, 6.45) is 6.12. The van der Waals surface area contributed by atoms with Gasteiger partial charge < -0.3 is 14.8 Å². The van der Waals surface area contributed by atoms with Gasteiger partial charge in [-0.15, -0.1) is 0 Å². The molecule has 0 unspecified atom stereocenters. The third-order valence-corrected chi connectivity index (χ3v) is 8.99. The number of ketones is 1. The molecule has 0 saturated heterocycles. The van der Waals surface area contributed by atoms with Gasteiger partial charge in [-0.2, -0.15) is 0 Å². The van der Waals surface area contributed by atoms with Crippen molar-refractivity contribution in [3.05, 3.63) is 47.2 Å². The predicted octanol–water partition coefficient (Wildman–Crippen LogP) is 3.82. The molecule has 2 saturated carbocycles. The van der Waals surface area contributed by atoms with Gasteiger partial charge in [0.05, 0.1) is 11.7 Å². The van der Waals surface area contributed by atoms with E-state index in [2.05, 4.69) is 43.1 Å². The van der Waals surface area contributed by atoms with Crippen LogP contribution in [0.3, 0.4) is 0 Å². The molecular weight excluding hydrogens is 350 g/mol. The van der Waals surface area contributed by atoms with Crippen LogP contribution in [0, 0.1) is 11.3 Å². The molecule has 3 aliphatic carbocycles. The number of aliphatic hydroxyl groups is 1. The van der Waals surface area contributed by atoms with Gasteiger partial charge in [-0.25, -0.2) is 0 Å². The molecule has 1 aromatic carbocycles. The lowest BCUT2D eigenvalue weighted by Gasteiger charge is -2.64. The fourth-order valence-electron chi connectivity index (χ4n) is 7.27. The average Bonchev–Trinajstić information content (AvgIpc) is 3.19. The number of hydrogen-bond acceptors (Lipinski definition) is 3. The van der Waals surface area contributed by atoms with Crippen molar-refractivity contribution in [2.75, 3.05) is 6.61 Å².